The molecule has 0 saturated heterocycles. The molecule has 1 unspecified atom stereocenters. The van der Waals surface area contributed by atoms with E-state index in [0.29, 0.717) is 5.92 Å². The first kappa shape index (κ1) is 13.8. The van der Waals surface area contributed by atoms with Gasteiger partial charge < -0.3 is 9.47 Å². The van der Waals surface area contributed by atoms with Crippen molar-refractivity contribution in [1.82, 2.24) is 0 Å². The van der Waals surface area contributed by atoms with Gasteiger partial charge in [0, 0.05) is 13.5 Å². The molecule has 0 amide bonds. The Bertz CT molecular complexity index is 352. The van der Waals surface area contributed by atoms with Crippen LogP contribution in [0, 0.1) is 5.92 Å². The third-order valence-electron chi connectivity index (χ3n) is 2.60. The van der Waals surface area contributed by atoms with E-state index in [1.807, 2.05) is 31.2 Å². The highest BCUT2D eigenvalue weighted by molar-refractivity contribution is 5.29. The van der Waals surface area contributed by atoms with Gasteiger partial charge in [0.15, 0.2) is 0 Å². The van der Waals surface area contributed by atoms with Gasteiger partial charge in [0.05, 0.1) is 11.9 Å². The molecule has 0 aliphatic rings. The standard InChI is InChI=1S/C15H22O2/c1-11(2)10-12(3)17-15-8-6-14(7-9-15)13(4)16-5/h6-9,11,13H,3,10H2,1-2,4-5H3. The molecule has 1 aromatic carbocycles. The van der Waals surface area contributed by atoms with E-state index >= 15 is 0 Å². The molecule has 1 atom stereocenters. The summed E-state index contributed by atoms with van der Waals surface area (Å²) in [5.74, 6) is 2.21. The summed E-state index contributed by atoms with van der Waals surface area (Å²) in [7, 11) is 1.71. The van der Waals surface area contributed by atoms with Crippen molar-refractivity contribution >= 4 is 0 Å². The number of allylic oxidation sites excluding steroid dienone is 1. The van der Waals surface area contributed by atoms with Crippen LogP contribution in [0.25, 0.3) is 0 Å². The van der Waals surface area contributed by atoms with Crippen LogP contribution in [0.5, 0.6) is 5.75 Å². The monoisotopic (exact) mass is 234 g/mol. The maximum atomic E-state index is 5.66. The Labute approximate surface area is 104 Å². The van der Waals surface area contributed by atoms with Crippen LogP contribution in [0.4, 0.5) is 0 Å². The fraction of sp³-hybridized carbons (Fsp3) is 0.467. The Kier molecular flexibility index (Phi) is 5.23. The first-order valence-electron chi connectivity index (χ1n) is 6.01. The molecule has 0 radical (unpaired) electrons. The first-order chi connectivity index (χ1) is 8.02. The van der Waals surface area contributed by atoms with Gasteiger partial charge in [-0.15, -0.1) is 0 Å². The summed E-state index contributed by atoms with van der Waals surface area (Å²) in [6, 6.07) is 7.95. The van der Waals surface area contributed by atoms with Crippen molar-refractivity contribution in [3.05, 3.63) is 42.2 Å². The second kappa shape index (κ2) is 6.45. The number of ether oxygens (including phenoxy) is 2. The lowest BCUT2D eigenvalue weighted by Gasteiger charge is -2.13. The zero-order valence-corrected chi connectivity index (χ0v) is 11.2. The van der Waals surface area contributed by atoms with E-state index in [1.165, 1.54) is 0 Å². The Morgan fingerprint density at radius 3 is 2.24 bits per heavy atom. The Balaban J connectivity index is 2.59. The lowest BCUT2D eigenvalue weighted by molar-refractivity contribution is 0.119. The Morgan fingerprint density at radius 2 is 1.76 bits per heavy atom. The van der Waals surface area contributed by atoms with E-state index < -0.39 is 0 Å². The molecular formula is C15H22O2. The van der Waals surface area contributed by atoms with E-state index in [4.69, 9.17) is 9.47 Å². The molecule has 0 fully saturated rings. The number of hydrogen-bond donors (Lipinski definition) is 0. The molecule has 0 bridgehead atoms. The van der Waals surface area contributed by atoms with Gasteiger partial charge in [0.2, 0.25) is 0 Å². The first-order valence-corrected chi connectivity index (χ1v) is 6.01. The largest absolute Gasteiger partial charge is 0.462 e. The van der Waals surface area contributed by atoms with Crippen molar-refractivity contribution < 1.29 is 9.47 Å². The van der Waals surface area contributed by atoms with Crippen LogP contribution in [0.2, 0.25) is 0 Å². The van der Waals surface area contributed by atoms with Crippen LogP contribution in [0.15, 0.2) is 36.6 Å². The zero-order chi connectivity index (χ0) is 12.8. The predicted molar refractivity (Wildman–Crippen MR) is 71.1 cm³/mol. The van der Waals surface area contributed by atoms with Gasteiger partial charge in [-0.2, -0.15) is 0 Å². The molecule has 0 aromatic heterocycles. The minimum Gasteiger partial charge on any atom is -0.462 e. The van der Waals surface area contributed by atoms with Crippen molar-refractivity contribution in [3.63, 3.8) is 0 Å². The molecule has 1 aromatic rings. The summed E-state index contributed by atoms with van der Waals surface area (Å²) in [6.07, 6.45) is 0.999. The maximum absolute atomic E-state index is 5.66. The summed E-state index contributed by atoms with van der Waals surface area (Å²) < 4.78 is 10.9. The summed E-state index contributed by atoms with van der Waals surface area (Å²) >= 11 is 0. The number of methoxy groups -OCH3 is 1. The van der Waals surface area contributed by atoms with E-state index in [0.717, 1.165) is 23.5 Å². The van der Waals surface area contributed by atoms with Crippen molar-refractivity contribution in [3.8, 4) is 5.75 Å². The molecule has 1 rings (SSSR count). The third kappa shape index (κ3) is 4.61. The van der Waals surface area contributed by atoms with E-state index in [1.54, 1.807) is 7.11 Å². The fourth-order valence-electron chi connectivity index (χ4n) is 1.61. The molecule has 0 N–H and O–H groups in total. The highest BCUT2D eigenvalue weighted by Crippen LogP contribution is 2.22. The highest BCUT2D eigenvalue weighted by atomic mass is 16.5. The van der Waals surface area contributed by atoms with Gasteiger partial charge in [0.25, 0.3) is 0 Å². The second-order valence-electron chi connectivity index (χ2n) is 4.69. The molecule has 94 valence electrons. The van der Waals surface area contributed by atoms with Gasteiger partial charge in [0.1, 0.15) is 5.75 Å². The molecular weight excluding hydrogens is 212 g/mol. The number of benzene rings is 1. The van der Waals surface area contributed by atoms with Crippen LogP contribution >= 0.6 is 0 Å². The molecule has 17 heavy (non-hydrogen) atoms. The Morgan fingerprint density at radius 1 is 1.18 bits per heavy atom. The van der Waals surface area contributed by atoms with Crippen LogP contribution in [0.1, 0.15) is 38.9 Å². The van der Waals surface area contributed by atoms with Crippen LogP contribution in [-0.4, -0.2) is 7.11 Å². The van der Waals surface area contributed by atoms with Crippen molar-refractivity contribution in [2.75, 3.05) is 7.11 Å². The zero-order valence-electron chi connectivity index (χ0n) is 11.2. The smallest absolute Gasteiger partial charge is 0.126 e. The minimum atomic E-state index is 0.114. The van der Waals surface area contributed by atoms with Gasteiger partial charge in [-0.3, -0.25) is 0 Å². The quantitative estimate of drug-likeness (QED) is 0.682. The summed E-state index contributed by atoms with van der Waals surface area (Å²) in [4.78, 5) is 0. The maximum Gasteiger partial charge on any atom is 0.126 e. The minimum absolute atomic E-state index is 0.114. The topological polar surface area (TPSA) is 18.5 Å². The molecule has 2 heteroatoms. The predicted octanol–water partition coefficient (Wildman–Crippen LogP) is 4.33. The third-order valence-corrected chi connectivity index (χ3v) is 2.60. The van der Waals surface area contributed by atoms with Crippen LogP contribution in [-0.2, 0) is 4.74 Å². The van der Waals surface area contributed by atoms with Gasteiger partial charge in [-0.05, 0) is 30.5 Å². The van der Waals surface area contributed by atoms with Crippen LogP contribution < -0.4 is 4.74 Å². The van der Waals surface area contributed by atoms with Gasteiger partial charge in [-0.1, -0.05) is 32.6 Å². The van der Waals surface area contributed by atoms with Crippen molar-refractivity contribution in [1.29, 1.82) is 0 Å². The lowest BCUT2D eigenvalue weighted by Crippen LogP contribution is -1.99. The number of hydrogen-bond acceptors (Lipinski definition) is 2. The van der Waals surface area contributed by atoms with Gasteiger partial charge in [-0.25, -0.2) is 0 Å². The van der Waals surface area contributed by atoms with Crippen LogP contribution in [0.3, 0.4) is 0 Å². The summed E-state index contributed by atoms with van der Waals surface area (Å²) in [5, 5.41) is 0. The Hall–Kier alpha value is -1.28. The summed E-state index contributed by atoms with van der Waals surface area (Å²) in [5.41, 5.74) is 1.15. The number of rotatable bonds is 6. The molecule has 0 heterocycles. The molecule has 2 nitrogen and oxygen atoms in total. The molecule has 0 saturated carbocycles. The van der Waals surface area contributed by atoms with Crippen molar-refractivity contribution in [2.24, 2.45) is 5.92 Å². The van der Waals surface area contributed by atoms with Crippen molar-refractivity contribution in [2.45, 2.75) is 33.3 Å². The SMILES string of the molecule is C=C(CC(C)C)Oc1ccc(C(C)OC)cc1. The average molecular weight is 234 g/mol. The molecule has 0 aliphatic heterocycles. The van der Waals surface area contributed by atoms with E-state index in [-0.39, 0.29) is 6.10 Å². The lowest BCUT2D eigenvalue weighted by atomic mass is 10.1. The van der Waals surface area contributed by atoms with E-state index in [2.05, 4.69) is 20.4 Å². The normalized spacial score (nSPS) is 12.5. The van der Waals surface area contributed by atoms with Gasteiger partial charge >= 0.3 is 0 Å². The fourth-order valence-corrected chi connectivity index (χ4v) is 1.61. The van der Waals surface area contributed by atoms with E-state index in [9.17, 15) is 0 Å². The summed E-state index contributed by atoms with van der Waals surface area (Å²) in [6.45, 7) is 10.2. The second-order valence-corrected chi connectivity index (χ2v) is 4.69. The average Bonchev–Trinajstić information content (AvgIpc) is 2.28. The highest BCUT2D eigenvalue weighted by Gasteiger charge is 2.05. The molecule has 0 spiro atoms. The molecule has 0 aliphatic carbocycles.